The molecule has 0 spiro atoms. The fourth-order valence-electron chi connectivity index (χ4n) is 3.27. The number of urea groups is 1. The molecule has 1 aliphatic heterocycles. The number of hydrogen-bond acceptors (Lipinski definition) is 3. The van der Waals surface area contributed by atoms with Crippen LogP contribution in [0.3, 0.4) is 0 Å². The standard InChI is InChI=1S/C16H25N3O2/c1-4-7-16(12-21-3)8-5-10-19(16)15(20)18-14-6-9-17-11-13(14)2/h6,9,11H,4-5,7-8,10,12H2,1-3H3,(H,17,18,20)/t16-/m1/s1. The van der Waals surface area contributed by atoms with E-state index in [4.69, 9.17) is 4.74 Å². The number of methoxy groups -OCH3 is 1. The SMILES string of the molecule is CCC[C@]1(COC)CCCN1C(=O)Nc1ccncc1C. The smallest absolute Gasteiger partial charge is 0.322 e. The number of likely N-dealkylation sites (tertiary alicyclic amines) is 1. The minimum absolute atomic E-state index is 0.0349. The Balaban J connectivity index is 2.15. The largest absolute Gasteiger partial charge is 0.382 e. The molecular weight excluding hydrogens is 266 g/mol. The molecule has 1 aromatic rings. The van der Waals surface area contributed by atoms with Gasteiger partial charge in [-0.2, -0.15) is 0 Å². The highest BCUT2D eigenvalue weighted by molar-refractivity contribution is 5.90. The van der Waals surface area contributed by atoms with Crippen LogP contribution in [0.1, 0.15) is 38.2 Å². The molecule has 1 aromatic heterocycles. The van der Waals surface area contributed by atoms with Gasteiger partial charge in [0.15, 0.2) is 0 Å². The van der Waals surface area contributed by atoms with Gasteiger partial charge in [0.1, 0.15) is 0 Å². The maximum Gasteiger partial charge on any atom is 0.322 e. The van der Waals surface area contributed by atoms with Crippen molar-refractivity contribution in [2.24, 2.45) is 0 Å². The number of anilines is 1. The molecule has 2 amide bonds. The average Bonchev–Trinajstić information content (AvgIpc) is 2.86. The van der Waals surface area contributed by atoms with Gasteiger partial charge in [-0.3, -0.25) is 4.98 Å². The maximum atomic E-state index is 12.7. The zero-order chi connectivity index (χ0) is 15.3. The van der Waals surface area contributed by atoms with Gasteiger partial charge in [0.05, 0.1) is 12.1 Å². The molecule has 1 fully saturated rings. The molecule has 0 bridgehead atoms. The van der Waals surface area contributed by atoms with Crippen LogP contribution in [0.25, 0.3) is 0 Å². The highest BCUT2D eigenvalue weighted by atomic mass is 16.5. The van der Waals surface area contributed by atoms with Crippen LogP contribution in [0.4, 0.5) is 10.5 Å². The van der Waals surface area contributed by atoms with Gasteiger partial charge in [0.25, 0.3) is 0 Å². The van der Waals surface area contributed by atoms with Crippen LogP contribution in [0.5, 0.6) is 0 Å². The Labute approximate surface area is 126 Å². The van der Waals surface area contributed by atoms with Gasteiger partial charge in [0.2, 0.25) is 0 Å². The Morgan fingerprint density at radius 2 is 2.38 bits per heavy atom. The number of carbonyl (C=O) groups is 1. The van der Waals surface area contributed by atoms with E-state index in [9.17, 15) is 4.79 Å². The summed E-state index contributed by atoms with van der Waals surface area (Å²) in [5.74, 6) is 0. The predicted octanol–water partition coefficient (Wildman–Crippen LogP) is 3.20. The summed E-state index contributed by atoms with van der Waals surface area (Å²) in [4.78, 5) is 18.7. The number of amides is 2. The lowest BCUT2D eigenvalue weighted by Gasteiger charge is -2.38. The summed E-state index contributed by atoms with van der Waals surface area (Å²) in [6, 6.07) is 1.80. The lowest BCUT2D eigenvalue weighted by molar-refractivity contribution is 0.0540. The second-order valence-corrected chi connectivity index (χ2v) is 5.78. The van der Waals surface area contributed by atoms with Crippen molar-refractivity contribution in [2.45, 2.75) is 45.1 Å². The number of nitrogens with zero attached hydrogens (tertiary/aromatic N) is 2. The van der Waals surface area contributed by atoms with Gasteiger partial charge >= 0.3 is 6.03 Å². The fourth-order valence-corrected chi connectivity index (χ4v) is 3.27. The van der Waals surface area contributed by atoms with E-state index in [-0.39, 0.29) is 11.6 Å². The van der Waals surface area contributed by atoms with Crippen molar-refractivity contribution in [1.82, 2.24) is 9.88 Å². The molecule has 2 heterocycles. The lowest BCUT2D eigenvalue weighted by atomic mass is 9.91. The van der Waals surface area contributed by atoms with Gasteiger partial charge in [-0.05, 0) is 37.8 Å². The number of nitrogens with one attached hydrogen (secondary N) is 1. The average molecular weight is 291 g/mol. The third-order valence-electron chi connectivity index (χ3n) is 4.23. The van der Waals surface area contributed by atoms with Crippen molar-refractivity contribution in [3.8, 4) is 0 Å². The van der Waals surface area contributed by atoms with E-state index >= 15 is 0 Å². The summed E-state index contributed by atoms with van der Waals surface area (Å²) in [6.07, 6.45) is 7.52. The third kappa shape index (κ3) is 3.35. The topological polar surface area (TPSA) is 54.5 Å². The van der Waals surface area contributed by atoms with E-state index in [1.165, 1.54) is 0 Å². The second-order valence-electron chi connectivity index (χ2n) is 5.78. The molecule has 1 saturated heterocycles. The van der Waals surface area contributed by atoms with Gasteiger partial charge in [-0.15, -0.1) is 0 Å². The molecule has 0 aliphatic carbocycles. The second kappa shape index (κ2) is 6.89. The van der Waals surface area contributed by atoms with Gasteiger partial charge in [-0.1, -0.05) is 13.3 Å². The fraction of sp³-hybridized carbons (Fsp3) is 0.625. The number of carbonyl (C=O) groups excluding carboxylic acids is 1. The van der Waals surface area contributed by atoms with Gasteiger partial charge in [-0.25, -0.2) is 4.79 Å². The van der Waals surface area contributed by atoms with Crippen molar-refractivity contribution in [3.63, 3.8) is 0 Å². The molecular formula is C16H25N3O2. The van der Waals surface area contributed by atoms with Crippen LogP contribution in [0, 0.1) is 6.92 Å². The summed E-state index contributed by atoms with van der Waals surface area (Å²) in [6.45, 7) is 5.49. The first-order chi connectivity index (χ1) is 10.1. The van der Waals surface area contributed by atoms with E-state index in [0.29, 0.717) is 6.61 Å². The molecule has 0 saturated carbocycles. The van der Waals surface area contributed by atoms with E-state index in [0.717, 1.165) is 43.5 Å². The molecule has 116 valence electrons. The van der Waals surface area contributed by atoms with Crippen LogP contribution in [-0.4, -0.2) is 41.7 Å². The zero-order valence-corrected chi connectivity index (χ0v) is 13.2. The molecule has 5 nitrogen and oxygen atoms in total. The van der Waals surface area contributed by atoms with Crippen molar-refractivity contribution in [3.05, 3.63) is 24.0 Å². The first kappa shape index (κ1) is 15.8. The first-order valence-electron chi connectivity index (χ1n) is 7.61. The van der Waals surface area contributed by atoms with Crippen molar-refractivity contribution >= 4 is 11.7 Å². The summed E-state index contributed by atoms with van der Waals surface area (Å²) in [7, 11) is 1.71. The Kier molecular flexibility index (Phi) is 5.17. The quantitative estimate of drug-likeness (QED) is 0.906. The molecule has 1 N–H and O–H groups in total. The van der Waals surface area contributed by atoms with E-state index in [1.807, 2.05) is 17.9 Å². The van der Waals surface area contributed by atoms with Crippen molar-refractivity contribution in [1.29, 1.82) is 0 Å². The minimum atomic E-state index is -0.158. The highest BCUT2D eigenvalue weighted by Crippen LogP contribution is 2.34. The monoisotopic (exact) mass is 291 g/mol. The van der Waals surface area contributed by atoms with E-state index in [2.05, 4.69) is 17.2 Å². The normalized spacial score (nSPS) is 21.6. The lowest BCUT2D eigenvalue weighted by Crippen LogP contribution is -2.52. The van der Waals surface area contributed by atoms with Crippen molar-refractivity contribution in [2.75, 3.05) is 25.6 Å². The zero-order valence-electron chi connectivity index (χ0n) is 13.2. The van der Waals surface area contributed by atoms with E-state index in [1.54, 1.807) is 19.5 Å². The molecule has 1 atom stereocenters. The first-order valence-corrected chi connectivity index (χ1v) is 7.61. The van der Waals surface area contributed by atoms with Crippen LogP contribution in [0.2, 0.25) is 0 Å². The van der Waals surface area contributed by atoms with Crippen LogP contribution in [-0.2, 0) is 4.74 Å². The molecule has 0 radical (unpaired) electrons. The van der Waals surface area contributed by atoms with Crippen LogP contribution >= 0.6 is 0 Å². The maximum absolute atomic E-state index is 12.7. The Bertz CT molecular complexity index is 484. The Morgan fingerprint density at radius 3 is 3.05 bits per heavy atom. The number of aromatic nitrogens is 1. The summed E-state index contributed by atoms with van der Waals surface area (Å²) < 4.78 is 5.40. The number of aryl methyl sites for hydroxylation is 1. The number of pyridine rings is 1. The van der Waals surface area contributed by atoms with Gasteiger partial charge < -0.3 is 15.0 Å². The molecule has 0 aromatic carbocycles. The third-order valence-corrected chi connectivity index (χ3v) is 4.23. The van der Waals surface area contributed by atoms with Crippen LogP contribution in [0.15, 0.2) is 18.5 Å². The highest BCUT2D eigenvalue weighted by Gasteiger charge is 2.43. The van der Waals surface area contributed by atoms with Crippen molar-refractivity contribution < 1.29 is 9.53 Å². The summed E-state index contributed by atoms with van der Waals surface area (Å²) in [5.41, 5.74) is 1.64. The number of hydrogen-bond donors (Lipinski definition) is 1. The molecule has 1 aliphatic rings. The summed E-state index contributed by atoms with van der Waals surface area (Å²) >= 11 is 0. The van der Waals surface area contributed by atoms with Gasteiger partial charge in [0, 0.05) is 31.7 Å². The predicted molar refractivity (Wildman–Crippen MR) is 83.4 cm³/mol. The number of ether oxygens (including phenoxy) is 1. The summed E-state index contributed by atoms with van der Waals surface area (Å²) in [5, 5.41) is 3.02. The Hall–Kier alpha value is -1.62. The molecule has 2 rings (SSSR count). The Morgan fingerprint density at radius 1 is 1.57 bits per heavy atom. The minimum Gasteiger partial charge on any atom is -0.382 e. The van der Waals surface area contributed by atoms with E-state index < -0.39 is 0 Å². The molecule has 21 heavy (non-hydrogen) atoms. The molecule has 0 unspecified atom stereocenters. The molecule has 5 heteroatoms. The number of rotatable bonds is 5. The van der Waals surface area contributed by atoms with Crippen LogP contribution < -0.4 is 5.32 Å².